The molecule has 0 unspecified atom stereocenters. The van der Waals surface area contributed by atoms with Crippen molar-refractivity contribution in [3.63, 3.8) is 0 Å². The highest BCUT2D eigenvalue weighted by atomic mass is 32.2. The molecule has 134 valence electrons. The van der Waals surface area contributed by atoms with Gasteiger partial charge in [0.1, 0.15) is 0 Å². The monoisotopic (exact) mass is 370 g/mol. The van der Waals surface area contributed by atoms with Crippen molar-refractivity contribution < 1.29 is 18.0 Å². The Morgan fingerprint density at radius 2 is 1.92 bits per heavy atom. The zero-order valence-corrected chi connectivity index (χ0v) is 14.6. The van der Waals surface area contributed by atoms with Crippen molar-refractivity contribution >= 4 is 17.7 Å². The second kappa shape index (κ2) is 6.70. The average Bonchev–Trinajstić information content (AvgIpc) is 2.94. The molecule has 1 aromatic carbocycles. The van der Waals surface area contributed by atoms with Gasteiger partial charge in [-0.05, 0) is 24.5 Å². The molecule has 1 amide bonds. The van der Waals surface area contributed by atoms with Gasteiger partial charge in [0.25, 0.3) is 0 Å². The lowest BCUT2D eigenvalue weighted by Gasteiger charge is -2.30. The van der Waals surface area contributed by atoms with Crippen molar-refractivity contribution in [3.05, 3.63) is 41.2 Å². The number of nitrogens with zero attached hydrogens (tertiary/aromatic N) is 4. The smallest absolute Gasteiger partial charge is 0.337 e. The van der Waals surface area contributed by atoms with Crippen molar-refractivity contribution in [2.45, 2.75) is 36.5 Å². The summed E-state index contributed by atoms with van der Waals surface area (Å²) in [6.07, 6.45) is -3.79. The molecule has 1 atom stereocenters. The van der Waals surface area contributed by atoms with Gasteiger partial charge < -0.3 is 9.47 Å². The number of alkyl halides is 3. The van der Waals surface area contributed by atoms with E-state index in [0.717, 1.165) is 28.3 Å². The first-order valence-electron chi connectivity index (χ1n) is 7.76. The van der Waals surface area contributed by atoms with Crippen molar-refractivity contribution in [1.82, 2.24) is 19.7 Å². The van der Waals surface area contributed by atoms with E-state index in [2.05, 4.69) is 10.2 Å². The highest BCUT2D eigenvalue weighted by Crippen LogP contribution is 2.31. The second-order valence-corrected chi connectivity index (χ2v) is 7.21. The molecule has 0 aliphatic carbocycles. The zero-order valence-electron chi connectivity index (χ0n) is 13.7. The van der Waals surface area contributed by atoms with Crippen molar-refractivity contribution in [2.75, 3.05) is 6.54 Å². The Morgan fingerprint density at radius 3 is 2.56 bits per heavy atom. The van der Waals surface area contributed by atoms with E-state index in [9.17, 15) is 18.0 Å². The highest BCUT2D eigenvalue weighted by Gasteiger charge is 2.38. The molecule has 25 heavy (non-hydrogen) atoms. The Bertz CT molecular complexity index is 790. The molecule has 2 aromatic rings. The molecule has 0 radical (unpaired) electrons. The molecule has 0 fully saturated rings. The molecule has 0 saturated carbocycles. The van der Waals surface area contributed by atoms with Crippen LogP contribution < -0.4 is 0 Å². The van der Waals surface area contributed by atoms with Crippen molar-refractivity contribution in [3.8, 4) is 0 Å². The Labute approximate surface area is 147 Å². The van der Waals surface area contributed by atoms with Gasteiger partial charge in [-0.15, -0.1) is 10.2 Å². The molecule has 5 nitrogen and oxygen atoms in total. The summed E-state index contributed by atoms with van der Waals surface area (Å²) in [6.45, 7) is 2.80. The van der Waals surface area contributed by atoms with E-state index in [1.165, 1.54) is 12.6 Å². The first-order chi connectivity index (χ1) is 11.8. The highest BCUT2D eigenvalue weighted by molar-refractivity contribution is 8.00. The van der Waals surface area contributed by atoms with Crippen LogP contribution in [0.5, 0.6) is 0 Å². The molecule has 1 aliphatic heterocycles. The minimum absolute atomic E-state index is 0.0746. The van der Waals surface area contributed by atoms with Crippen LogP contribution in [-0.2, 0) is 31.0 Å². The summed E-state index contributed by atoms with van der Waals surface area (Å²) in [7, 11) is 1.25. The normalized spacial score (nSPS) is 15.8. The van der Waals surface area contributed by atoms with E-state index >= 15 is 0 Å². The summed E-state index contributed by atoms with van der Waals surface area (Å²) in [5.74, 6) is -1.18. The van der Waals surface area contributed by atoms with Crippen LogP contribution in [0.25, 0.3) is 0 Å². The first kappa shape index (κ1) is 17.8. The van der Waals surface area contributed by atoms with E-state index in [0.29, 0.717) is 13.1 Å². The van der Waals surface area contributed by atoms with Crippen LogP contribution in [0.15, 0.2) is 29.4 Å². The number of rotatable bonds is 3. The number of halogens is 3. The minimum Gasteiger partial charge on any atom is -0.337 e. The lowest BCUT2D eigenvalue weighted by molar-refractivity contribution is -0.147. The van der Waals surface area contributed by atoms with Gasteiger partial charge in [-0.2, -0.15) is 13.2 Å². The molecule has 0 N–H and O–H groups in total. The van der Waals surface area contributed by atoms with Crippen LogP contribution in [0.4, 0.5) is 13.2 Å². The summed E-state index contributed by atoms with van der Waals surface area (Å²) in [6, 6.07) is 7.95. The maximum atomic E-state index is 12.8. The summed E-state index contributed by atoms with van der Waals surface area (Å²) >= 11 is 0.988. The van der Waals surface area contributed by atoms with Gasteiger partial charge in [0.05, 0.1) is 5.25 Å². The minimum atomic E-state index is -4.57. The third kappa shape index (κ3) is 3.65. The summed E-state index contributed by atoms with van der Waals surface area (Å²) in [4.78, 5) is 14.4. The standard InChI is InChI=1S/C16H17F3N4OS/c1-10(25-15-21-20-14(22(15)2)16(17,18)19)13(24)23-8-7-11-5-3-4-6-12(11)9-23/h3-6,10H,7-9H2,1-2H3/t10-/m0/s1. The van der Waals surface area contributed by atoms with Crippen LogP contribution in [0, 0.1) is 0 Å². The predicted octanol–water partition coefficient (Wildman–Crippen LogP) is 2.90. The quantitative estimate of drug-likeness (QED) is 0.780. The Hall–Kier alpha value is -2.03. The Morgan fingerprint density at radius 1 is 1.24 bits per heavy atom. The molecular formula is C16H17F3N4OS. The largest absolute Gasteiger partial charge is 0.451 e. The first-order valence-corrected chi connectivity index (χ1v) is 8.64. The maximum Gasteiger partial charge on any atom is 0.451 e. The number of amides is 1. The van der Waals surface area contributed by atoms with E-state index in [1.807, 2.05) is 24.3 Å². The SMILES string of the molecule is C[C@H](Sc1nnc(C(F)(F)F)n1C)C(=O)N1CCc2ccccc2C1. The molecule has 0 saturated heterocycles. The molecule has 3 rings (SSSR count). The molecule has 9 heteroatoms. The molecule has 1 aromatic heterocycles. The van der Waals surface area contributed by atoms with Gasteiger partial charge in [-0.1, -0.05) is 36.0 Å². The number of thioether (sulfide) groups is 1. The van der Waals surface area contributed by atoms with Crippen molar-refractivity contribution in [1.29, 1.82) is 0 Å². The fourth-order valence-electron chi connectivity index (χ4n) is 2.81. The fourth-order valence-corrected chi connectivity index (χ4v) is 3.71. The van der Waals surface area contributed by atoms with Crippen LogP contribution in [0.1, 0.15) is 23.9 Å². The van der Waals surface area contributed by atoms with Gasteiger partial charge >= 0.3 is 6.18 Å². The van der Waals surface area contributed by atoms with Crippen LogP contribution in [-0.4, -0.2) is 37.4 Å². The number of benzene rings is 1. The number of aromatic nitrogens is 3. The lowest BCUT2D eigenvalue weighted by Crippen LogP contribution is -2.40. The van der Waals surface area contributed by atoms with Crippen molar-refractivity contribution in [2.24, 2.45) is 7.05 Å². The van der Waals surface area contributed by atoms with E-state index < -0.39 is 17.3 Å². The molecular weight excluding hydrogens is 353 g/mol. The number of carbonyl (C=O) groups is 1. The number of hydrogen-bond donors (Lipinski definition) is 0. The van der Waals surface area contributed by atoms with E-state index in [4.69, 9.17) is 0 Å². The number of carbonyl (C=O) groups excluding carboxylic acids is 1. The third-order valence-electron chi connectivity index (χ3n) is 4.16. The molecule has 1 aliphatic rings. The second-order valence-electron chi connectivity index (χ2n) is 5.90. The predicted molar refractivity (Wildman–Crippen MR) is 86.9 cm³/mol. The zero-order chi connectivity index (χ0) is 18.2. The molecule has 2 heterocycles. The average molecular weight is 370 g/mol. The maximum absolute atomic E-state index is 12.8. The van der Waals surface area contributed by atoms with Crippen LogP contribution in [0.2, 0.25) is 0 Å². The summed E-state index contributed by atoms with van der Waals surface area (Å²) in [5.41, 5.74) is 2.34. The summed E-state index contributed by atoms with van der Waals surface area (Å²) < 4.78 is 39.2. The van der Waals surface area contributed by atoms with Gasteiger partial charge in [-0.3, -0.25) is 4.79 Å². The third-order valence-corrected chi connectivity index (χ3v) is 5.28. The molecule has 0 spiro atoms. The van der Waals surface area contributed by atoms with Crippen LogP contribution in [0.3, 0.4) is 0 Å². The van der Waals surface area contributed by atoms with Gasteiger partial charge in [0.2, 0.25) is 11.7 Å². The van der Waals surface area contributed by atoms with Gasteiger partial charge in [-0.25, -0.2) is 0 Å². The van der Waals surface area contributed by atoms with Gasteiger partial charge in [0.15, 0.2) is 5.16 Å². The lowest BCUT2D eigenvalue weighted by atomic mass is 10.00. The van der Waals surface area contributed by atoms with Gasteiger partial charge in [0, 0.05) is 20.1 Å². The van der Waals surface area contributed by atoms with E-state index in [-0.39, 0.29) is 11.1 Å². The Kier molecular flexibility index (Phi) is 4.77. The Balaban J connectivity index is 1.69. The number of hydrogen-bond acceptors (Lipinski definition) is 4. The summed E-state index contributed by atoms with van der Waals surface area (Å²) in [5, 5.41) is 6.28. The number of fused-ring (bicyclic) bond motifs is 1. The van der Waals surface area contributed by atoms with Crippen LogP contribution >= 0.6 is 11.8 Å². The fraction of sp³-hybridized carbons (Fsp3) is 0.438. The topological polar surface area (TPSA) is 51.0 Å². The molecule has 0 bridgehead atoms. The van der Waals surface area contributed by atoms with E-state index in [1.54, 1.807) is 11.8 Å².